The zero-order valence-electron chi connectivity index (χ0n) is 16.3. The van der Waals surface area contributed by atoms with E-state index in [1.807, 2.05) is 37.4 Å². The van der Waals surface area contributed by atoms with Crippen LogP contribution in [0.15, 0.2) is 35.3 Å². The molecule has 5 heteroatoms. The minimum atomic E-state index is 0.0835. The second kappa shape index (κ2) is 9.81. The van der Waals surface area contributed by atoms with E-state index in [4.69, 9.17) is 4.74 Å². The number of nitrogens with one attached hydrogen (secondary N) is 2. The summed E-state index contributed by atoms with van der Waals surface area (Å²) in [6.07, 6.45) is 8.13. The van der Waals surface area contributed by atoms with Gasteiger partial charge in [-0.1, -0.05) is 31.0 Å². The fraction of sp³-hybridized carbons (Fsp3) is 0.667. The molecule has 5 nitrogen and oxygen atoms in total. The number of benzene rings is 1. The van der Waals surface area contributed by atoms with Gasteiger partial charge < -0.3 is 20.3 Å². The van der Waals surface area contributed by atoms with Gasteiger partial charge in [0, 0.05) is 32.2 Å². The highest BCUT2D eigenvalue weighted by atomic mass is 16.5. The molecule has 26 heavy (non-hydrogen) atoms. The van der Waals surface area contributed by atoms with E-state index in [9.17, 15) is 0 Å². The first-order valence-corrected chi connectivity index (χ1v) is 10.2. The second-order valence-corrected chi connectivity index (χ2v) is 7.59. The number of guanidine groups is 1. The Morgan fingerprint density at radius 1 is 1.15 bits per heavy atom. The van der Waals surface area contributed by atoms with E-state index in [0.717, 1.165) is 24.3 Å². The number of piperidine rings is 1. The summed E-state index contributed by atoms with van der Waals surface area (Å²) in [5.41, 5.74) is 0. The van der Waals surface area contributed by atoms with Crippen molar-refractivity contribution in [3.8, 4) is 5.75 Å². The van der Waals surface area contributed by atoms with Crippen molar-refractivity contribution in [3.05, 3.63) is 30.3 Å². The number of likely N-dealkylation sites (tertiary alicyclic amines) is 1. The molecule has 1 aliphatic carbocycles. The first-order chi connectivity index (χ1) is 12.7. The SMILES string of the molecule is CN=C(NCC(C)Oc1ccccc1)NC1CCN(C2CCCC2)CC1. The lowest BCUT2D eigenvalue weighted by atomic mass is 10.0. The van der Waals surface area contributed by atoms with Crippen LogP contribution in [-0.4, -0.2) is 55.7 Å². The van der Waals surface area contributed by atoms with Crippen LogP contribution in [0.1, 0.15) is 45.4 Å². The van der Waals surface area contributed by atoms with Gasteiger partial charge in [-0.3, -0.25) is 4.99 Å². The Hall–Kier alpha value is -1.75. The van der Waals surface area contributed by atoms with Crippen LogP contribution in [-0.2, 0) is 0 Å². The molecule has 144 valence electrons. The van der Waals surface area contributed by atoms with Crippen molar-refractivity contribution in [2.45, 2.75) is 63.6 Å². The Balaban J connectivity index is 1.37. The molecule has 3 rings (SSSR count). The Labute approximate surface area is 158 Å². The molecule has 1 saturated heterocycles. The maximum atomic E-state index is 5.92. The summed E-state index contributed by atoms with van der Waals surface area (Å²) < 4.78 is 5.92. The molecule has 0 spiro atoms. The molecule has 2 fully saturated rings. The van der Waals surface area contributed by atoms with E-state index < -0.39 is 0 Å². The second-order valence-electron chi connectivity index (χ2n) is 7.59. The third-order valence-electron chi connectivity index (χ3n) is 5.57. The summed E-state index contributed by atoms with van der Waals surface area (Å²) in [7, 11) is 1.84. The third-order valence-corrected chi connectivity index (χ3v) is 5.57. The minimum Gasteiger partial charge on any atom is -0.489 e. The maximum Gasteiger partial charge on any atom is 0.191 e. The minimum absolute atomic E-state index is 0.0835. The van der Waals surface area contributed by atoms with Gasteiger partial charge in [0.05, 0.1) is 6.54 Å². The number of nitrogens with zero attached hydrogens (tertiary/aromatic N) is 2. The summed E-state index contributed by atoms with van der Waals surface area (Å²) in [6.45, 7) is 5.24. The number of para-hydroxylation sites is 1. The summed E-state index contributed by atoms with van der Waals surface area (Å²) in [5, 5.41) is 7.00. The largest absolute Gasteiger partial charge is 0.489 e. The Morgan fingerprint density at radius 2 is 1.85 bits per heavy atom. The van der Waals surface area contributed by atoms with Gasteiger partial charge in [-0.05, 0) is 44.7 Å². The van der Waals surface area contributed by atoms with Crippen molar-refractivity contribution in [3.63, 3.8) is 0 Å². The first-order valence-electron chi connectivity index (χ1n) is 10.2. The van der Waals surface area contributed by atoms with Gasteiger partial charge in [0.2, 0.25) is 0 Å². The summed E-state index contributed by atoms with van der Waals surface area (Å²) in [5.74, 6) is 1.79. The van der Waals surface area contributed by atoms with Crippen molar-refractivity contribution in [1.29, 1.82) is 0 Å². The van der Waals surface area contributed by atoms with E-state index in [1.54, 1.807) is 0 Å². The molecular weight excluding hydrogens is 324 g/mol. The fourth-order valence-electron chi connectivity index (χ4n) is 4.08. The first kappa shape index (κ1) is 19.0. The molecule has 2 aliphatic rings. The molecule has 1 unspecified atom stereocenters. The van der Waals surface area contributed by atoms with Crippen molar-refractivity contribution in [2.75, 3.05) is 26.7 Å². The number of aliphatic imine (C=N–C) groups is 1. The van der Waals surface area contributed by atoms with E-state index >= 15 is 0 Å². The van der Waals surface area contributed by atoms with Crippen LogP contribution in [0.3, 0.4) is 0 Å². The molecule has 1 aromatic rings. The van der Waals surface area contributed by atoms with Crippen molar-refractivity contribution < 1.29 is 4.74 Å². The highest BCUT2D eigenvalue weighted by Gasteiger charge is 2.27. The smallest absolute Gasteiger partial charge is 0.191 e. The topological polar surface area (TPSA) is 48.9 Å². The van der Waals surface area contributed by atoms with Gasteiger partial charge in [-0.15, -0.1) is 0 Å². The average molecular weight is 359 g/mol. The molecule has 1 aliphatic heterocycles. The molecule has 0 amide bonds. The molecule has 0 bridgehead atoms. The quantitative estimate of drug-likeness (QED) is 0.606. The maximum absolute atomic E-state index is 5.92. The standard InChI is InChI=1S/C21H34N4O/c1-17(26-20-10-4-3-5-11-20)16-23-21(22-2)24-18-12-14-25(15-13-18)19-8-6-7-9-19/h3-5,10-11,17-19H,6-9,12-16H2,1-2H3,(H2,22,23,24). The van der Waals surface area contributed by atoms with Crippen LogP contribution in [0.25, 0.3) is 0 Å². The van der Waals surface area contributed by atoms with Crippen molar-refractivity contribution in [1.82, 2.24) is 15.5 Å². The molecule has 0 radical (unpaired) electrons. The molecule has 1 saturated carbocycles. The Morgan fingerprint density at radius 3 is 2.50 bits per heavy atom. The lowest BCUT2D eigenvalue weighted by molar-refractivity contribution is 0.150. The zero-order valence-corrected chi connectivity index (χ0v) is 16.3. The summed E-state index contributed by atoms with van der Waals surface area (Å²) in [6, 6.07) is 11.3. The molecule has 1 atom stereocenters. The summed E-state index contributed by atoms with van der Waals surface area (Å²) >= 11 is 0. The number of hydrogen-bond acceptors (Lipinski definition) is 3. The molecule has 0 aromatic heterocycles. The Kier molecular flexibility index (Phi) is 7.18. The Bertz CT molecular complexity index is 548. The van der Waals surface area contributed by atoms with Crippen LogP contribution in [0.5, 0.6) is 5.75 Å². The molecule has 2 N–H and O–H groups in total. The van der Waals surface area contributed by atoms with Crippen LogP contribution < -0.4 is 15.4 Å². The third kappa shape index (κ3) is 5.63. The van der Waals surface area contributed by atoms with Gasteiger partial charge in [0.25, 0.3) is 0 Å². The normalized spacial score (nSPS) is 21.5. The lowest BCUT2D eigenvalue weighted by Crippen LogP contribution is -2.51. The van der Waals surface area contributed by atoms with Gasteiger partial charge in [0.15, 0.2) is 5.96 Å². The lowest BCUT2D eigenvalue weighted by Gasteiger charge is -2.36. The van der Waals surface area contributed by atoms with Crippen LogP contribution in [0, 0.1) is 0 Å². The fourth-order valence-corrected chi connectivity index (χ4v) is 4.08. The van der Waals surface area contributed by atoms with Crippen LogP contribution in [0.2, 0.25) is 0 Å². The van der Waals surface area contributed by atoms with E-state index in [1.165, 1.54) is 51.6 Å². The average Bonchev–Trinajstić information content (AvgIpc) is 3.21. The highest BCUT2D eigenvalue weighted by molar-refractivity contribution is 5.80. The zero-order chi connectivity index (χ0) is 18.2. The van der Waals surface area contributed by atoms with Crippen LogP contribution in [0.4, 0.5) is 0 Å². The summed E-state index contributed by atoms with van der Waals surface area (Å²) in [4.78, 5) is 7.09. The number of ether oxygens (including phenoxy) is 1. The number of rotatable bonds is 6. The monoisotopic (exact) mass is 358 g/mol. The predicted octanol–water partition coefficient (Wildman–Crippen LogP) is 3.03. The van der Waals surface area contributed by atoms with Crippen LogP contribution >= 0.6 is 0 Å². The van der Waals surface area contributed by atoms with Gasteiger partial charge >= 0.3 is 0 Å². The number of hydrogen-bond donors (Lipinski definition) is 2. The van der Waals surface area contributed by atoms with Gasteiger partial charge in [-0.25, -0.2) is 0 Å². The van der Waals surface area contributed by atoms with E-state index in [0.29, 0.717) is 6.04 Å². The van der Waals surface area contributed by atoms with Gasteiger partial charge in [0.1, 0.15) is 11.9 Å². The van der Waals surface area contributed by atoms with E-state index in [-0.39, 0.29) is 6.10 Å². The molecule has 1 heterocycles. The molecule has 1 aromatic carbocycles. The van der Waals surface area contributed by atoms with E-state index in [2.05, 4.69) is 27.4 Å². The predicted molar refractivity (Wildman–Crippen MR) is 108 cm³/mol. The van der Waals surface area contributed by atoms with Crippen molar-refractivity contribution >= 4 is 5.96 Å². The van der Waals surface area contributed by atoms with Crippen molar-refractivity contribution in [2.24, 2.45) is 4.99 Å². The molecular formula is C21H34N4O. The van der Waals surface area contributed by atoms with Gasteiger partial charge in [-0.2, -0.15) is 0 Å². The highest BCUT2D eigenvalue weighted by Crippen LogP contribution is 2.26.